The van der Waals surface area contributed by atoms with Gasteiger partial charge < -0.3 is 10.6 Å². The van der Waals surface area contributed by atoms with Gasteiger partial charge in [-0.1, -0.05) is 29.3 Å². The first-order valence-electron chi connectivity index (χ1n) is 7.76. The van der Waals surface area contributed by atoms with Crippen molar-refractivity contribution >= 4 is 29.9 Å². The molecule has 0 radical (unpaired) electrons. The van der Waals surface area contributed by atoms with E-state index in [0.29, 0.717) is 0 Å². The third-order valence-electron chi connectivity index (χ3n) is 3.54. The molecule has 118 valence electrons. The minimum absolute atomic E-state index is 0. The Morgan fingerprint density at radius 3 is 2.38 bits per heavy atom. The summed E-state index contributed by atoms with van der Waals surface area (Å²) < 4.78 is 0. The molecule has 0 bridgehead atoms. The predicted octanol–water partition coefficient (Wildman–Crippen LogP) is 3.43. The van der Waals surface area contributed by atoms with Crippen LogP contribution in [0.3, 0.4) is 0 Å². The molecule has 1 saturated carbocycles. The molecule has 2 N–H and O–H groups in total. The molecule has 21 heavy (non-hydrogen) atoms. The molecule has 3 nitrogen and oxygen atoms in total. The molecule has 2 rings (SSSR count). The van der Waals surface area contributed by atoms with Crippen LogP contribution in [0.1, 0.15) is 36.5 Å². The van der Waals surface area contributed by atoms with E-state index in [1.54, 1.807) is 0 Å². The van der Waals surface area contributed by atoms with Crippen molar-refractivity contribution in [3.63, 3.8) is 0 Å². The second-order valence-electron chi connectivity index (χ2n) is 5.84. The van der Waals surface area contributed by atoms with Crippen LogP contribution in [-0.2, 0) is 6.42 Å². The number of nitrogens with zero attached hydrogens (tertiary/aromatic N) is 1. The lowest BCUT2D eigenvalue weighted by molar-refractivity contribution is 0.776. The second kappa shape index (κ2) is 9.28. The van der Waals surface area contributed by atoms with Gasteiger partial charge in [-0.25, -0.2) is 0 Å². The summed E-state index contributed by atoms with van der Waals surface area (Å²) in [6.07, 6.45) is 3.74. The molecule has 0 aliphatic heterocycles. The molecule has 1 fully saturated rings. The highest BCUT2D eigenvalue weighted by atomic mass is 127. The average Bonchev–Trinajstić information content (AvgIpc) is 3.18. The van der Waals surface area contributed by atoms with Crippen LogP contribution in [0.2, 0.25) is 0 Å². The van der Waals surface area contributed by atoms with E-state index < -0.39 is 0 Å². The van der Waals surface area contributed by atoms with E-state index in [0.717, 1.165) is 37.9 Å². The zero-order valence-corrected chi connectivity index (χ0v) is 15.7. The molecule has 1 aliphatic rings. The van der Waals surface area contributed by atoms with Crippen LogP contribution in [0.25, 0.3) is 0 Å². The van der Waals surface area contributed by atoms with Crippen LogP contribution in [0.15, 0.2) is 23.2 Å². The monoisotopic (exact) mass is 401 g/mol. The topological polar surface area (TPSA) is 36.4 Å². The maximum Gasteiger partial charge on any atom is 0.191 e. The predicted molar refractivity (Wildman–Crippen MR) is 102 cm³/mol. The summed E-state index contributed by atoms with van der Waals surface area (Å²) >= 11 is 0. The van der Waals surface area contributed by atoms with Crippen LogP contribution >= 0.6 is 24.0 Å². The lowest BCUT2D eigenvalue weighted by atomic mass is 10.1. The first-order chi connectivity index (χ1) is 9.67. The largest absolute Gasteiger partial charge is 0.357 e. The zero-order chi connectivity index (χ0) is 14.4. The van der Waals surface area contributed by atoms with Gasteiger partial charge in [0, 0.05) is 19.6 Å². The first kappa shape index (κ1) is 18.3. The Kier molecular flexibility index (Phi) is 8.07. The van der Waals surface area contributed by atoms with Crippen LogP contribution in [0.4, 0.5) is 0 Å². The zero-order valence-electron chi connectivity index (χ0n) is 13.4. The highest BCUT2D eigenvalue weighted by Crippen LogP contribution is 2.28. The van der Waals surface area contributed by atoms with E-state index in [2.05, 4.69) is 54.6 Å². The van der Waals surface area contributed by atoms with Gasteiger partial charge in [0.1, 0.15) is 0 Å². The normalized spacial score (nSPS) is 14.5. The summed E-state index contributed by atoms with van der Waals surface area (Å²) in [7, 11) is 0. The van der Waals surface area contributed by atoms with Crippen molar-refractivity contribution in [3.05, 3.63) is 34.9 Å². The first-order valence-corrected chi connectivity index (χ1v) is 7.76. The van der Waals surface area contributed by atoms with Crippen molar-refractivity contribution in [2.75, 3.05) is 19.6 Å². The summed E-state index contributed by atoms with van der Waals surface area (Å²) in [6.45, 7) is 9.24. The Labute approximate surface area is 146 Å². The van der Waals surface area contributed by atoms with Gasteiger partial charge in [0.05, 0.1) is 0 Å². The molecule has 0 atom stereocenters. The molecule has 1 aromatic carbocycles. The number of guanidine groups is 1. The number of aliphatic imine (C=N–C) groups is 1. The van der Waals surface area contributed by atoms with Crippen molar-refractivity contribution in [3.8, 4) is 0 Å². The Balaban J connectivity index is 0.00000220. The molecule has 1 aromatic rings. The lowest BCUT2D eigenvalue weighted by Gasteiger charge is -2.11. The molecule has 0 unspecified atom stereocenters. The summed E-state index contributed by atoms with van der Waals surface area (Å²) in [5.74, 6) is 1.80. The number of hydrogen-bond acceptors (Lipinski definition) is 1. The van der Waals surface area contributed by atoms with Gasteiger partial charge in [0.15, 0.2) is 5.96 Å². The van der Waals surface area contributed by atoms with Crippen molar-refractivity contribution < 1.29 is 0 Å². The fourth-order valence-corrected chi connectivity index (χ4v) is 2.40. The van der Waals surface area contributed by atoms with Gasteiger partial charge in [-0.15, -0.1) is 24.0 Å². The van der Waals surface area contributed by atoms with E-state index in [4.69, 9.17) is 0 Å². The summed E-state index contributed by atoms with van der Waals surface area (Å²) in [6, 6.07) is 6.75. The number of hydrogen-bond donors (Lipinski definition) is 2. The van der Waals surface area contributed by atoms with E-state index in [-0.39, 0.29) is 24.0 Å². The minimum atomic E-state index is 0. The van der Waals surface area contributed by atoms with E-state index in [9.17, 15) is 0 Å². The molecule has 0 heterocycles. The van der Waals surface area contributed by atoms with Crippen LogP contribution in [-0.4, -0.2) is 25.6 Å². The lowest BCUT2D eigenvalue weighted by Crippen LogP contribution is -2.38. The molecule has 4 heteroatoms. The highest BCUT2D eigenvalue weighted by molar-refractivity contribution is 14.0. The molecule has 0 amide bonds. The van der Waals surface area contributed by atoms with Crippen LogP contribution in [0, 0.1) is 19.8 Å². The Morgan fingerprint density at radius 2 is 1.81 bits per heavy atom. The van der Waals surface area contributed by atoms with Gasteiger partial charge in [-0.3, -0.25) is 4.99 Å². The highest BCUT2D eigenvalue weighted by Gasteiger charge is 2.20. The fraction of sp³-hybridized carbons (Fsp3) is 0.588. The Hall–Kier alpha value is -0.780. The van der Waals surface area contributed by atoms with Crippen molar-refractivity contribution in [2.24, 2.45) is 10.9 Å². The molecule has 0 aromatic heterocycles. The van der Waals surface area contributed by atoms with E-state index in [1.165, 1.54) is 29.5 Å². The maximum atomic E-state index is 4.64. The smallest absolute Gasteiger partial charge is 0.191 e. The van der Waals surface area contributed by atoms with Crippen molar-refractivity contribution in [1.29, 1.82) is 0 Å². The quantitative estimate of drug-likeness (QED) is 0.435. The number of benzene rings is 1. The van der Waals surface area contributed by atoms with E-state index in [1.807, 2.05) is 0 Å². The molecular weight excluding hydrogens is 373 g/mol. The SMILES string of the molecule is CCNC(=NCC1CC1)NCCc1cc(C)cc(C)c1.I. The van der Waals surface area contributed by atoms with Gasteiger partial charge in [-0.05, 0) is 51.5 Å². The summed E-state index contributed by atoms with van der Waals surface area (Å²) in [4.78, 5) is 4.64. The summed E-state index contributed by atoms with van der Waals surface area (Å²) in [5.41, 5.74) is 4.08. The number of aryl methyl sites for hydroxylation is 2. The fourth-order valence-electron chi connectivity index (χ4n) is 2.40. The van der Waals surface area contributed by atoms with Gasteiger partial charge in [-0.2, -0.15) is 0 Å². The number of nitrogens with one attached hydrogen (secondary N) is 2. The third-order valence-corrected chi connectivity index (χ3v) is 3.54. The van der Waals surface area contributed by atoms with Crippen LogP contribution in [0.5, 0.6) is 0 Å². The van der Waals surface area contributed by atoms with E-state index >= 15 is 0 Å². The summed E-state index contributed by atoms with van der Waals surface area (Å²) in [5, 5.41) is 6.74. The van der Waals surface area contributed by atoms with Gasteiger partial charge in [0.25, 0.3) is 0 Å². The average molecular weight is 401 g/mol. The van der Waals surface area contributed by atoms with Crippen molar-refractivity contribution in [1.82, 2.24) is 10.6 Å². The van der Waals surface area contributed by atoms with Crippen LogP contribution < -0.4 is 10.6 Å². The molecule has 0 spiro atoms. The minimum Gasteiger partial charge on any atom is -0.357 e. The second-order valence-corrected chi connectivity index (χ2v) is 5.84. The molecule has 0 saturated heterocycles. The van der Waals surface area contributed by atoms with Crippen molar-refractivity contribution in [2.45, 2.75) is 40.0 Å². The molecule has 1 aliphatic carbocycles. The number of rotatable bonds is 6. The maximum absolute atomic E-state index is 4.64. The van der Waals surface area contributed by atoms with Gasteiger partial charge >= 0.3 is 0 Å². The molecular formula is C17H28IN3. The Morgan fingerprint density at radius 1 is 1.14 bits per heavy atom. The number of halogens is 1. The third kappa shape index (κ3) is 7.16. The van der Waals surface area contributed by atoms with Gasteiger partial charge in [0.2, 0.25) is 0 Å². The standard InChI is InChI=1S/C17H27N3.HI/c1-4-18-17(20-12-15-5-6-15)19-8-7-16-10-13(2)9-14(3)11-16;/h9-11,15H,4-8,12H2,1-3H3,(H2,18,19,20);1H. The Bertz CT molecular complexity index is 447.